The molecule has 2 amide bonds. The van der Waals surface area contributed by atoms with E-state index < -0.39 is 0 Å². The first-order chi connectivity index (χ1) is 20.4. The van der Waals surface area contributed by atoms with E-state index in [2.05, 4.69) is 34.7 Å². The molecule has 0 radical (unpaired) electrons. The highest BCUT2D eigenvalue weighted by Crippen LogP contribution is 2.38. The Bertz CT molecular complexity index is 1650. The molecule has 0 saturated carbocycles. The molecule has 1 unspecified atom stereocenters. The number of methoxy groups -OCH3 is 2. The van der Waals surface area contributed by atoms with Crippen LogP contribution in [0.25, 0.3) is 11.1 Å². The number of rotatable bonds is 6. The highest BCUT2D eigenvalue weighted by atomic mass is 35.5. The maximum absolute atomic E-state index is 14.4. The van der Waals surface area contributed by atoms with Gasteiger partial charge < -0.3 is 23.8 Å². The molecule has 9 heteroatoms. The SMILES string of the molecule is COc1cccc(-c2cc(OC)c(C(=O)N3Cc4ccc(C5CN(C=O)CCN5C)n4Cc4ccccc43)cc2Cl)c1. The largest absolute Gasteiger partial charge is 0.497 e. The van der Waals surface area contributed by atoms with Crippen molar-refractivity contribution in [2.24, 2.45) is 0 Å². The zero-order valence-corrected chi connectivity index (χ0v) is 24.7. The lowest BCUT2D eigenvalue weighted by Gasteiger charge is -2.38. The molecule has 0 bridgehead atoms. The van der Waals surface area contributed by atoms with Gasteiger partial charge in [-0.05, 0) is 60.6 Å². The summed E-state index contributed by atoms with van der Waals surface area (Å²) in [6.07, 6.45) is 0.931. The van der Waals surface area contributed by atoms with E-state index in [0.717, 1.165) is 53.3 Å². The van der Waals surface area contributed by atoms with Gasteiger partial charge in [0.05, 0.1) is 32.4 Å². The lowest BCUT2D eigenvalue weighted by atomic mass is 10.0. The molecule has 42 heavy (non-hydrogen) atoms. The van der Waals surface area contributed by atoms with Crippen LogP contribution < -0.4 is 14.4 Å². The molecule has 1 atom stereocenters. The summed E-state index contributed by atoms with van der Waals surface area (Å²) in [6, 6.07) is 23.4. The van der Waals surface area contributed by atoms with Crippen LogP contribution in [-0.2, 0) is 17.9 Å². The van der Waals surface area contributed by atoms with Crippen LogP contribution >= 0.6 is 11.6 Å². The molecule has 216 valence electrons. The van der Waals surface area contributed by atoms with E-state index in [1.54, 1.807) is 25.2 Å². The molecule has 1 aromatic heterocycles. The van der Waals surface area contributed by atoms with Gasteiger partial charge in [-0.15, -0.1) is 0 Å². The Labute approximate surface area is 250 Å². The molecular formula is C33H33ClN4O4. The summed E-state index contributed by atoms with van der Waals surface area (Å²) in [5.74, 6) is 0.957. The normalized spacial score (nSPS) is 16.8. The van der Waals surface area contributed by atoms with Crippen LogP contribution in [0.2, 0.25) is 5.02 Å². The summed E-state index contributed by atoms with van der Waals surface area (Å²) in [4.78, 5) is 31.9. The van der Waals surface area contributed by atoms with Gasteiger partial charge in [0.1, 0.15) is 11.5 Å². The van der Waals surface area contributed by atoms with Crippen LogP contribution in [-0.4, -0.2) is 67.6 Å². The van der Waals surface area contributed by atoms with E-state index >= 15 is 0 Å². The molecule has 0 aliphatic carbocycles. The number of hydrogen-bond donors (Lipinski definition) is 0. The number of ether oxygens (including phenoxy) is 2. The van der Waals surface area contributed by atoms with Gasteiger partial charge in [-0.2, -0.15) is 0 Å². The smallest absolute Gasteiger partial charge is 0.262 e. The summed E-state index contributed by atoms with van der Waals surface area (Å²) in [6.45, 7) is 3.15. The van der Waals surface area contributed by atoms with Gasteiger partial charge in [-0.1, -0.05) is 41.9 Å². The average molecular weight is 585 g/mol. The summed E-state index contributed by atoms with van der Waals surface area (Å²) in [5.41, 5.74) is 6.03. The van der Waals surface area contributed by atoms with Crippen LogP contribution in [0, 0.1) is 0 Å². The van der Waals surface area contributed by atoms with E-state index in [4.69, 9.17) is 21.1 Å². The minimum Gasteiger partial charge on any atom is -0.497 e. The molecule has 6 rings (SSSR count). The van der Waals surface area contributed by atoms with Crippen LogP contribution in [0.5, 0.6) is 11.5 Å². The van der Waals surface area contributed by atoms with E-state index in [0.29, 0.717) is 41.7 Å². The first-order valence-electron chi connectivity index (χ1n) is 13.9. The van der Waals surface area contributed by atoms with Crippen molar-refractivity contribution < 1.29 is 19.1 Å². The second kappa shape index (κ2) is 11.5. The predicted octanol–water partition coefficient (Wildman–Crippen LogP) is 5.48. The molecule has 3 heterocycles. The minimum absolute atomic E-state index is 0.0650. The van der Waals surface area contributed by atoms with Gasteiger partial charge in [0.15, 0.2) is 0 Å². The summed E-state index contributed by atoms with van der Waals surface area (Å²) in [7, 11) is 5.28. The number of halogens is 1. The number of nitrogens with zero attached hydrogens (tertiary/aromatic N) is 4. The summed E-state index contributed by atoms with van der Waals surface area (Å²) >= 11 is 6.81. The van der Waals surface area contributed by atoms with Crippen molar-refractivity contribution in [3.8, 4) is 22.6 Å². The maximum Gasteiger partial charge on any atom is 0.262 e. The average Bonchev–Trinajstić information content (AvgIpc) is 3.33. The number of carbonyl (C=O) groups excluding carboxylic acids is 2. The van der Waals surface area contributed by atoms with Gasteiger partial charge in [-0.3, -0.25) is 14.5 Å². The Morgan fingerprint density at radius 3 is 2.57 bits per heavy atom. The molecule has 8 nitrogen and oxygen atoms in total. The van der Waals surface area contributed by atoms with Gasteiger partial charge in [0.2, 0.25) is 6.41 Å². The Balaban J connectivity index is 1.39. The first kappa shape index (κ1) is 27.9. The van der Waals surface area contributed by atoms with Gasteiger partial charge in [-0.25, -0.2) is 0 Å². The van der Waals surface area contributed by atoms with Crippen molar-refractivity contribution >= 4 is 29.6 Å². The van der Waals surface area contributed by atoms with Crippen LogP contribution in [0.15, 0.2) is 72.8 Å². The highest BCUT2D eigenvalue weighted by Gasteiger charge is 2.32. The fourth-order valence-electron chi connectivity index (χ4n) is 6.01. The number of amides is 2. The van der Waals surface area contributed by atoms with E-state index in [1.165, 1.54) is 0 Å². The van der Waals surface area contributed by atoms with Crippen molar-refractivity contribution in [2.45, 2.75) is 19.1 Å². The van der Waals surface area contributed by atoms with Crippen molar-refractivity contribution in [2.75, 3.05) is 45.8 Å². The molecule has 2 aliphatic heterocycles. The highest BCUT2D eigenvalue weighted by molar-refractivity contribution is 6.34. The first-order valence-corrected chi connectivity index (χ1v) is 14.3. The Kier molecular flexibility index (Phi) is 7.66. The number of benzene rings is 3. The maximum atomic E-state index is 14.4. The van der Waals surface area contributed by atoms with Crippen LogP contribution in [0.4, 0.5) is 5.69 Å². The third-order valence-corrected chi connectivity index (χ3v) is 8.66. The molecule has 0 N–H and O–H groups in total. The molecule has 1 fully saturated rings. The van der Waals surface area contributed by atoms with Gasteiger partial charge in [0.25, 0.3) is 5.91 Å². The lowest BCUT2D eigenvalue weighted by molar-refractivity contribution is -0.120. The van der Waals surface area contributed by atoms with Gasteiger partial charge >= 0.3 is 0 Å². The van der Waals surface area contributed by atoms with E-state index in [1.807, 2.05) is 53.4 Å². The molecular weight excluding hydrogens is 552 g/mol. The van der Waals surface area contributed by atoms with Gasteiger partial charge in [0, 0.05) is 53.8 Å². The predicted molar refractivity (Wildman–Crippen MR) is 163 cm³/mol. The van der Waals surface area contributed by atoms with Crippen molar-refractivity contribution in [3.63, 3.8) is 0 Å². The Hall–Kier alpha value is -4.27. The summed E-state index contributed by atoms with van der Waals surface area (Å²) in [5, 5.41) is 0.446. The third-order valence-electron chi connectivity index (χ3n) is 8.35. The fraction of sp³-hybridized carbons (Fsp3) is 0.273. The standard InChI is InChI=1S/C33H33ClN4O4/c1-35-13-14-36(21-39)20-31(35)30-12-11-24-19-38(29-10-5-4-7-23(29)18-37(24)30)33(40)27-16-28(34)26(17-32(27)42-3)22-8-6-9-25(15-22)41-2/h4-12,15-17,21,31H,13-14,18-20H2,1-3H3. The minimum atomic E-state index is -0.198. The summed E-state index contributed by atoms with van der Waals surface area (Å²) < 4.78 is 13.4. The second-order valence-electron chi connectivity index (χ2n) is 10.7. The molecule has 4 aromatic rings. The number of para-hydroxylation sites is 1. The topological polar surface area (TPSA) is 67.2 Å². The second-order valence-corrected chi connectivity index (χ2v) is 11.1. The number of piperazine rings is 1. The number of likely N-dealkylation sites (N-methyl/N-ethyl adjacent to an activating group) is 1. The zero-order chi connectivity index (χ0) is 29.4. The van der Waals surface area contributed by atoms with Crippen molar-refractivity contribution in [1.29, 1.82) is 0 Å². The van der Waals surface area contributed by atoms with Crippen molar-refractivity contribution in [3.05, 3.63) is 100 Å². The van der Waals surface area contributed by atoms with Crippen LogP contribution in [0.3, 0.4) is 0 Å². The number of hydrogen-bond acceptors (Lipinski definition) is 5. The number of aromatic nitrogens is 1. The quantitative estimate of drug-likeness (QED) is 0.281. The number of carbonyl (C=O) groups is 2. The number of anilines is 1. The Morgan fingerprint density at radius 1 is 0.952 bits per heavy atom. The van der Waals surface area contributed by atoms with E-state index in [-0.39, 0.29) is 11.9 Å². The van der Waals surface area contributed by atoms with Crippen molar-refractivity contribution in [1.82, 2.24) is 14.4 Å². The fourth-order valence-corrected chi connectivity index (χ4v) is 6.29. The number of fused-ring (bicyclic) bond motifs is 2. The monoisotopic (exact) mass is 584 g/mol. The van der Waals surface area contributed by atoms with Crippen LogP contribution in [0.1, 0.15) is 33.4 Å². The molecule has 2 aliphatic rings. The molecule has 3 aromatic carbocycles. The molecule has 0 spiro atoms. The lowest BCUT2D eigenvalue weighted by Crippen LogP contribution is -2.46. The third kappa shape index (κ3) is 5.01. The Morgan fingerprint density at radius 2 is 1.79 bits per heavy atom. The zero-order valence-electron chi connectivity index (χ0n) is 23.9. The van der Waals surface area contributed by atoms with E-state index in [9.17, 15) is 9.59 Å². The molecule has 1 saturated heterocycles.